The molecule has 0 saturated carbocycles. The molecule has 114 valence electrons. The number of rotatable bonds is 3. The third kappa shape index (κ3) is 3.25. The molecule has 0 unspecified atom stereocenters. The first-order chi connectivity index (χ1) is 10.6. The van der Waals surface area contributed by atoms with Gasteiger partial charge in [0.25, 0.3) is 0 Å². The molecule has 1 aliphatic rings. The van der Waals surface area contributed by atoms with Crippen LogP contribution >= 0.6 is 11.3 Å². The standard InChI is InChI=1S/C15H15N3O3S/c1-10(19)16-15-17-12-6-7-18(9-13(12)22-15)14(20)5-4-11-3-2-8-21-11/h2-5,8H,6-7,9H2,1H3,(H,16,17,19). The van der Waals surface area contributed by atoms with Crippen LogP contribution in [0.3, 0.4) is 0 Å². The molecule has 3 heterocycles. The molecule has 0 fully saturated rings. The molecule has 0 saturated heterocycles. The van der Waals surface area contributed by atoms with Crippen LogP contribution in [0.4, 0.5) is 5.13 Å². The van der Waals surface area contributed by atoms with Crippen molar-refractivity contribution in [3.63, 3.8) is 0 Å². The lowest BCUT2D eigenvalue weighted by Crippen LogP contribution is -2.34. The van der Waals surface area contributed by atoms with Crippen LogP contribution in [0, 0.1) is 0 Å². The number of nitrogens with zero attached hydrogens (tertiary/aromatic N) is 2. The van der Waals surface area contributed by atoms with Crippen molar-refractivity contribution in [3.05, 3.63) is 40.8 Å². The van der Waals surface area contributed by atoms with Gasteiger partial charge < -0.3 is 14.6 Å². The second-order valence-corrected chi connectivity index (χ2v) is 6.01. The average molecular weight is 317 g/mol. The van der Waals surface area contributed by atoms with E-state index >= 15 is 0 Å². The van der Waals surface area contributed by atoms with Gasteiger partial charge in [-0.2, -0.15) is 0 Å². The summed E-state index contributed by atoms with van der Waals surface area (Å²) < 4.78 is 5.16. The van der Waals surface area contributed by atoms with Crippen molar-refractivity contribution < 1.29 is 14.0 Å². The minimum atomic E-state index is -0.139. The number of furan rings is 1. The lowest BCUT2D eigenvalue weighted by molar-refractivity contribution is -0.126. The normalized spacial score (nSPS) is 14.1. The summed E-state index contributed by atoms with van der Waals surface area (Å²) in [6.45, 7) is 2.60. The Kier molecular flexibility index (Phi) is 4.06. The molecular formula is C15H15N3O3S. The molecular weight excluding hydrogens is 302 g/mol. The smallest absolute Gasteiger partial charge is 0.247 e. The van der Waals surface area contributed by atoms with Crippen LogP contribution in [0.5, 0.6) is 0 Å². The Morgan fingerprint density at radius 2 is 2.36 bits per heavy atom. The first kappa shape index (κ1) is 14.5. The van der Waals surface area contributed by atoms with Crippen LogP contribution < -0.4 is 5.32 Å². The number of nitrogens with one attached hydrogen (secondary N) is 1. The van der Waals surface area contributed by atoms with Crippen molar-refractivity contribution in [2.24, 2.45) is 0 Å². The zero-order valence-electron chi connectivity index (χ0n) is 12.0. The van der Waals surface area contributed by atoms with Crippen molar-refractivity contribution in [1.82, 2.24) is 9.88 Å². The highest BCUT2D eigenvalue weighted by atomic mass is 32.1. The van der Waals surface area contributed by atoms with E-state index in [1.807, 2.05) is 0 Å². The van der Waals surface area contributed by atoms with Gasteiger partial charge >= 0.3 is 0 Å². The number of hydrogen-bond acceptors (Lipinski definition) is 5. The topological polar surface area (TPSA) is 75.4 Å². The van der Waals surface area contributed by atoms with Crippen molar-refractivity contribution >= 4 is 34.4 Å². The van der Waals surface area contributed by atoms with E-state index in [2.05, 4.69) is 10.3 Å². The van der Waals surface area contributed by atoms with Crippen LogP contribution in [0.1, 0.15) is 23.3 Å². The Bertz CT molecular complexity index is 718. The molecule has 0 spiro atoms. The van der Waals surface area contributed by atoms with Crippen LogP contribution in [-0.2, 0) is 22.6 Å². The number of amides is 2. The number of carbonyl (C=O) groups excluding carboxylic acids is 2. The molecule has 6 nitrogen and oxygen atoms in total. The molecule has 3 rings (SSSR count). The zero-order chi connectivity index (χ0) is 15.5. The third-order valence-electron chi connectivity index (χ3n) is 3.26. The third-order valence-corrected chi connectivity index (χ3v) is 4.26. The van der Waals surface area contributed by atoms with Gasteiger partial charge in [0.05, 0.1) is 18.5 Å². The molecule has 1 aliphatic heterocycles. The first-order valence-electron chi connectivity index (χ1n) is 6.88. The lowest BCUT2D eigenvalue weighted by atomic mass is 10.2. The van der Waals surface area contributed by atoms with E-state index in [9.17, 15) is 9.59 Å². The second kappa shape index (κ2) is 6.15. The number of anilines is 1. The molecule has 2 amide bonds. The fourth-order valence-corrected chi connectivity index (χ4v) is 3.30. The maximum absolute atomic E-state index is 12.2. The minimum Gasteiger partial charge on any atom is -0.465 e. The van der Waals surface area contributed by atoms with E-state index in [-0.39, 0.29) is 11.8 Å². The van der Waals surface area contributed by atoms with Gasteiger partial charge in [0.15, 0.2) is 5.13 Å². The lowest BCUT2D eigenvalue weighted by Gasteiger charge is -2.24. The number of thiazole rings is 1. The quantitative estimate of drug-likeness (QED) is 0.881. The summed E-state index contributed by atoms with van der Waals surface area (Å²) in [5.74, 6) is 0.453. The molecule has 0 bridgehead atoms. The number of carbonyl (C=O) groups is 2. The Morgan fingerprint density at radius 3 is 3.09 bits per heavy atom. The molecule has 0 atom stereocenters. The Morgan fingerprint density at radius 1 is 1.50 bits per heavy atom. The predicted molar refractivity (Wildman–Crippen MR) is 83.3 cm³/mol. The number of fused-ring (bicyclic) bond motifs is 1. The average Bonchev–Trinajstić information content (AvgIpc) is 3.11. The molecule has 22 heavy (non-hydrogen) atoms. The van der Waals surface area contributed by atoms with Crippen LogP contribution in [0.2, 0.25) is 0 Å². The van der Waals surface area contributed by atoms with E-state index in [4.69, 9.17) is 4.42 Å². The van der Waals surface area contributed by atoms with Crippen molar-refractivity contribution in [1.29, 1.82) is 0 Å². The predicted octanol–water partition coefficient (Wildman–Crippen LogP) is 2.29. The van der Waals surface area contributed by atoms with Gasteiger partial charge in [-0.15, -0.1) is 0 Å². The van der Waals surface area contributed by atoms with Gasteiger partial charge in [-0.25, -0.2) is 4.98 Å². The summed E-state index contributed by atoms with van der Waals surface area (Å²) in [6, 6.07) is 3.57. The summed E-state index contributed by atoms with van der Waals surface area (Å²) in [4.78, 5) is 30.4. The van der Waals surface area contributed by atoms with E-state index in [1.165, 1.54) is 24.3 Å². The molecule has 0 aliphatic carbocycles. The van der Waals surface area contributed by atoms with Gasteiger partial charge in [0.1, 0.15) is 5.76 Å². The second-order valence-electron chi connectivity index (χ2n) is 4.93. The van der Waals surface area contributed by atoms with Crippen LogP contribution in [0.15, 0.2) is 28.9 Å². The Labute approximate surface area is 131 Å². The first-order valence-corrected chi connectivity index (χ1v) is 7.70. The largest absolute Gasteiger partial charge is 0.465 e. The van der Waals surface area contributed by atoms with Gasteiger partial charge in [0.2, 0.25) is 11.8 Å². The van der Waals surface area contributed by atoms with E-state index < -0.39 is 0 Å². The van der Waals surface area contributed by atoms with E-state index in [1.54, 1.807) is 29.4 Å². The maximum atomic E-state index is 12.2. The molecule has 1 N–H and O–H groups in total. The Balaban J connectivity index is 1.67. The van der Waals surface area contributed by atoms with Gasteiger partial charge in [-0.05, 0) is 18.2 Å². The van der Waals surface area contributed by atoms with Crippen molar-refractivity contribution in [3.8, 4) is 0 Å². The Hall–Kier alpha value is -2.41. The molecule has 2 aromatic heterocycles. The highest BCUT2D eigenvalue weighted by molar-refractivity contribution is 7.15. The number of hydrogen-bond donors (Lipinski definition) is 1. The van der Waals surface area contributed by atoms with E-state index in [0.717, 1.165) is 10.6 Å². The fraction of sp³-hybridized carbons (Fsp3) is 0.267. The minimum absolute atomic E-state index is 0.0588. The monoisotopic (exact) mass is 317 g/mol. The summed E-state index contributed by atoms with van der Waals surface area (Å²) in [7, 11) is 0. The van der Waals surface area contributed by atoms with Crippen molar-refractivity contribution in [2.75, 3.05) is 11.9 Å². The number of aromatic nitrogens is 1. The van der Waals surface area contributed by atoms with Crippen molar-refractivity contribution in [2.45, 2.75) is 19.9 Å². The highest BCUT2D eigenvalue weighted by Crippen LogP contribution is 2.28. The summed E-state index contributed by atoms with van der Waals surface area (Å²) in [5.41, 5.74) is 0.966. The SMILES string of the molecule is CC(=O)Nc1nc2c(s1)CN(C(=O)C=Cc1ccco1)CC2. The van der Waals surface area contributed by atoms with Crippen LogP contribution in [-0.4, -0.2) is 28.2 Å². The maximum Gasteiger partial charge on any atom is 0.247 e. The molecule has 0 aromatic carbocycles. The highest BCUT2D eigenvalue weighted by Gasteiger charge is 2.23. The molecule has 0 radical (unpaired) electrons. The molecule has 7 heteroatoms. The van der Waals surface area contributed by atoms with Gasteiger partial charge in [0, 0.05) is 30.8 Å². The van der Waals surface area contributed by atoms with Crippen LogP contribution in [0.25, 0.3) is 6.08 Å². The van der Waals surface area contributed by atoms with Gasteiger partial charge in [-0.1, -0.05) is 11.3 Å². The summed E-state index contributed by atoms with van der Waals surface area (Å²) >= 11 is 1.42. The summed E-state index contributed by atoms with van der Waals surface area (Å²) in [5, 5.41) is 3.28. The van der Waals surface area contributed by atoms with E-state index in [0.29, 0.717) is 30.4 Å². The molecule has 2 aromatic rings. The summed E-state index contributed by atoms with van der Waals surface area (Å²) in [6.07, 6.45) is 5.44. The van der Waals surface area contributed by atoms with Gasteiger partial charge in [-0.3, -0.25) is 9.59 Å². The zero-order valence-corrected chi connectivity index (χ0v) is 12.9. The fourth-order valence-electron chi connectivity index (χ4n) is 2.23.